The van der Waals surface area contributed by atoms with Gasteiger partial charge in [0, 0.05) is 5.56 Å². The Labute approximate surface area is 166 Å². The third-order valence-corrected chi connectivity index (χ3v) is 5.49. The number of benzene rings is 2. The highest BCUT2D eigenvalue weighted by molar-refractivity contribution is 6.06. The molecule has 0 aromatic heterocycles. The van der Waals surface area contributed by atoms with Crippen LogP contribution in [0.4, 0.5) is 0 Å². The first-order valence-electron chi connectivity index (χ1n) is 9.92. The number of hydrogen-bond donors (Lipinski definition) is 0. The maximum absolute atomic E-state index is 12.5. The largest absolute Gasteiger partial charge is 0.490 e. The van der Waals surface area contributed by atoms with Gasteiger partial charge in [0.05, 0.1) is 12.2 Å². The highest BCUT2D eigenvalue weighted by atomic mass is 16.7. The van der Waals surface area contributed by atoms with Crippen LogP contribution in [0.5, 0.6) is 5.75 Å². The van der Waals surface area contributed by atoms with Crippen LogP contribution in [0.2, 0.25) is 0 Å². The third-order valence-electron chi connectivity index (χ3n) is 5.49. The van der Waals surface area contributed by atoms with E-state index in [2.05, 4.69) is 19.9 Å². The zero-order valence-corrected chi connectivity index (χ0v) is 16.6. The third kappa shape index (κ3) is 3.75. The highest BCUT2D eigenvalue weighted by Crippen LogP contribution is 2.42. The van der Waals surface area contributed by atoms with Gasteiger partial charge in [0.1, 0.15) is 18.5 Å². The van der Waals surface area contributed by atoms with Gasteiger partial charge in [-0.2, -0.15) is 0 Å². The van der Waals surface area contributed by atoms with Crippen molar-refractivity contribution in [3.05, 3.63) is 70.3 Å². The number of ketones is 1. The van der Waals surface area contributed by atoms with Crippen LogP contribution in [-0.4, -0.2) is 25.1 Å². The maximum atomic E-state index is 12.5. The van der Waals surface area contributed by atoms with Gasteiger partial charge in [0.15, 0.2) is 12.1 Å². The molecule has 2 aliphatic rings. The lowest BCUT2D eigenvalue weighted by Gasteiger charge is -2.21. The minimum absolute atomic E-state index is 0.00952. The Kier molecular flexibility index (Phi) is 5.33. The lowest BCUT2D eigenvalue weighted by Crippen LogP contribution is -2.19. The summed E-state index contributed by atoms with van der Waals surface area (Å²) in [5.41, 5.74) is 4.84. The molecule has 3 atom stereocenters. The molecule has 4 rings (SSSR count). The summed E-state index contributed by atoms with van der Waals surface area (Å²) in [5.74, 6) is 1.21. The molecule has 28 heavy (non-hydrogen) atoms. The molecule has 4 heteroatoms. The number of allylic oxidation sites excluding steroid dienone is 1. The van der Waals surface area contributed by atoms with E-state index >= 15 is 0 Å². The molecule has 0 amide bonds. The van der Waals surface area contributed by atoms with Gasteiger partial charge in [0.25, 0.3) is 0 Å². The molecule has 0 saturated carbocycles. The molecule has 2 aromatic rings. The van der Waals surface area contributed by atoms with E-state index in [-0.39, 0.29) is 11.9 Å². The van der Waals surface area contributed by atoms with Crippen LogP contribution in [0.3, 0.4) is 0 Å². The summed E-state index contributed by atoms with van der Waals surface area (Å²) in [6, 6.07) is 11.7. The van der Waals surface area contributed by atoms with Gasteiger partial charge in [0.2, 0.25) is 0 Å². The average molecular weight is 378 g/mol. The fourth-order valence-electron chi connectivity index (χ4n) is 3.58. The van der Waals surface area contributed by atoms with E-state index in [0.717, 1.165) is 34.4 Å². The van der Waals surface area contributed by atoms with Gasteiger partial charge in [-0.15, -0.1) is 0 Å². The van der Waals surface area contributed by atoms with E-state index in [1.807, 2.05) is 43.3 Å². The van der Waals surface area contributed by atoms with E-state index in [1.54, 1.807) is 6.08 Å². The summed E-state index contributed by atoms with van der Waals surface area (Å²) in [6.45, 7) is 7.42. The maximum Gasteiger partial charge on any atom is 0.188 e. The van der Waals surface area contributed by atoms with Crippen molar-refractivity contribution in [3.63, 3.8) is 0 Å². The Morgan fingerprint density at radius 1 is 1.21 bits per heavy atom. The van der Waals surface area contributed by atoms with Gasteiger partial charge in [-0.3, -0.25) is 4.79 Å². The zero-order valence-electron chi connectivity index (χ0n) is 16.6. The summed E-state index contributed by atoms with van der Waals surface area (Å²) >= 11 is 0. The van der Waals surface area contributed by atoms with E-state index in [4.69, 9.17) is 14.2 Å². The number of rotatable bonds is 5. The zero-order chi connectivity index (χ0) is 19.7. The highest BCUT2D eigenvalue weighted by Gasteiger charge is 2.35. The Balaban J connectivity index is 1.68. The fraction of sp³-hybridized carbons (Fsp3) is 0.375. The monoisotopic (exact) mass is 378 g/mol. The van der Waals surface area contributed by atoms with Crippen molar-refractivity contribution in [2.45, 2.75) is 45.5 Å². The molecule has 2 aromatic carbocycles. The van der Waals surface area contributed by atoms with Crippen LogP contribution in [-0.2, 0) is 9.47 Å². The standard InChI is InChI=1S/C24H26O4/c1-4-16(3)20-11-17(7-10-22(25)18-8-5-15(2)6-9-18)12-21-23(20)26-13-19-14-27-24(21)28-19/h5-12,16,19,24H,4,13-14H2,1-3H3/b10-7+. The van der Waals surface area contributed by atoms with E-state index in [0.29, 0.717) is 24.7 Å². The number of hydrogen-bond acceptors (Lipinski definition) is 4. The van der Waals surface area contributed by atoms with Crippen LogP contribution in [0, 0.1) is 6.92 Å². The van der Waals surface area contributed by atoms with Crippen molar-refractivity contribution in [3.8, 4) is 5.75 Å². The molecule has 4 nitrogen and oxygen atoms in total. The molecule has 0 N–H and O–H groups in total. The molecule has 0 spiro atoms. The Morgan fingerprint density at radius 3 is 2.75 bits per heavy atom. The first-order valence-corrected chi connectivity index (χ1v) is 9.92. The fourth-order valence-corrected chi connectivity index (χ4v) is 3.58. The smallest absolute Gasteiger partial charge is 0.188 e. The van der Waals surface area contributed by atoms with Gasteiger partial charge in [-0.1, -0.05) is 49.8 Å². The summed E-state index contributed by atoms with van der Waals surface area (Å²) < 4.78 is 17.9. The quantitative estimate of drug-likeness (QED) is 0.529. The van der Waals surface area contributed by atoms with Crippen LogP contribution >= 0.6 is 0 Å². The Hall–Kier alpha value is -2.43. The van der Waals surface area contributed by atoms with E-state index in [9.17, 15) is 4.79 Å². The lowest BCUT2D eigenvalue weighted by atomic mass is 9.92. The molecule has 3 unspecified atom stereocenters. The molecule has 1 saturated heterocycles. The van der Waals surface area contributed by atoms with Crippen molar-refractivity contribution in [2.75, 3.05) is 13.2 Å². The molecular weight excluding hydrogens is 352 g/mol. The van der Waals surface area contributed by atoms with Crippen molar-refractivity contribution in [1.82, 2.24) is 0 Å². The van der Waals surface area contributed by atoms with Crippen molar-refractivity contribution in [1.29, 1.82) is 0 Å². The molecule has 146 valence electrons. The van der Waals surface area contributed by atoms with Crippen LogP contribution in [0.15, 0.2) is 42.5 Å². The average Bonchev–Trinajstić information content (AvgIpc) is 3.10. The van der Waals surface area contributed by atoms with Crippen LogP contribution in [0.25, 0.3) is 6.08 Å². The molecular formula is C24H26O4. The van der Waals surface area contributed by atoms with Crippen molar-refractivity contribution < 1.29 is 19.0 Å². The SMILES string of the molecule is CCC(C)c1cc(/C=C/C(=O)c2ccc(C)cc2)cc2c1OCC1COC2O1. The second-order valence-corrected chi connectivity index (χ2v) is 7.64. The Morgan fingerprint density at radius 2 is 2.00 bits per heavy atom. The number of carbonyl (C=O) groups excluding carboxylic acids is 1. The first kappa shape index (κ1) is 18.9. The minimum Gasteiger partial charge on any atom is -0.490 e. The van der Waals surface area contributed by atoms with Crippen molar-refractivity contribution in [2.24, 2.45) is 0 Å². The predicted octanol–water partition coefficient (Wildman–Crippen LogP) is 5.21. The summed E-state index contributed by atoms with van der Waals surface area (Å²) in [4.78, 5) is 12.5. The van der Waals surface area contributed by atoms with E-state index in [1.165, 1.54) is 0 Å². The topological polar surface area (TPSA) is 44.8 Å². The molecule has 1 fully saturated rings. The second kappa shape index (κ2) is 7.90. The van der Waals surface area contributed by atoms with Gasteiger partial charge in [-0.25, -0.2) is 0 Å². The molecule has 2 heterocycles. The van der Waals surface area contributed by atoms with E-state index < -0.39 is 6.29 Å². The van der Waals surface area contributed by atoms with Gasteiger partial charge in [-0.05, 0) is 48.6 Å². The molecule has 0 radical (unpaired) electrons. The summed E-state index contributed by atoms with van der Waals surface area (Å²) in [7, 11) is 0. The lowest BCUT2D eigenvalue weighted by molar-refractivity contribution is -0.0579. The van der Waals surface area contributed by atoms with Gasteiger partial charge < -0.3 is 14.2 Å². The Bertz CT molecular complexity index is 898. The van der Waals surface area contributed by atoms with Gasteiger partial charge >= 0.3 is 0 Å². The number of aryl methyl sites for hydroxylation is 1. The predicted molar refractivity (Wildman–Crippen MR) is 109 cm³/mol. The normalized spacial score (nSPS) is 21.8. The number of fused-ring (bicyclic) bond motifs is 4. The number of carbonyl (C=O) groups is 1. The molecule has 2 aliphatic heterocycles. The summed E-state index contributed by atoms with van der Waals surface area (Å²) in [6.07, 6.45) is 4.08. The minimum atomic E-state index is -0.397. The second-order valence-electron chi connectivity index (χ2n) is 7.64. The molecule has 2 bridgehead atoms. The summed E-state index contributed by atoms with van der Waals surface area (Å²) in [5, 5.41) is 0. The van der Waals surface area contributed by atoms with Crippen LogP contribution in [0.1, 0.15) is 65.1 Å². The van der Waals surface area contributed by atoms with Crippen molar-refractivity contribution >= 4 is 11.9 Å². The number of ether oxygens (including phenoxy) is 3. The molecule has 0 aliphatic carbocycles. The van der Waals surface area contributed by atoms with Crippen LogP contribution < -0.4 is 4.74 Å². The first-order chi connectivity index (χ1) is 13.5.